The fourth-order valence-electron chi connectivity index (χ4n) is 3.06. The molecule has 2 heterocycles. The van der Waals surface area contributed by atoms with Crippen LogP contribution in [-0.2, 0) is 12.4 Å². The van der Waals surface area contributed by atoms with Gasteiger partial charge in [0.15, 0.2) is 5.82 Å². The molecular formula is C21H20ClN5OS. The molecule has 0 bridgehead atoms. The smallest absolute Gasteiger partial charge is 0.210 e. The lowest BCUT2D eigenvalue weighted by molar-refractivity contribution is 0.289. The van der Waals surface area contributed by atoms with E-state index in [0.29, 0.717) is 21.8 Å². The first-order chi connectivity index (χ1) is 14.0. The summed E-state index contributed by atoms with van der Waals surface area (Å²) in [6, 6.07) is 13.8. The lowest BCUT2D eigenvalue weighted by Gasteiger charge is -2.10. The van der Waals surface area contributed by atoms with E-state index in [1.807, 2.05) is 43.3 Å². The average Bonchev–Trinajstić information content (AvgIpc) is 3.07. The quantitative estimate of drug-likeness (QED) is 0.357. The summed E-state index contributed by atoms with van der Waals surface area (Å²) >= 11 is 7.77. The lowest BCUT2D eigenvalue weighted by Crippen LogP contribution is -2.16. The summed E-state index contributed by atoms with van der Waals surface area (Å²) in [5.41, 5.74) is 4.21. The molecule has 29 heavy (non-hydrogen) atoms. The minimum atomic E-state index is 0.249. The predicted octanol–water partition coefficient (Wildman–Crippen LogP) is 4.68. The maximum absolute atomic E-state index is 6.27. The summed E-state index contributed by atoms with van der Waals surface area (Å²) in [7, 11) is 0. The van der Waals surface area contributed by atoms with E-state index in [4.69, 9.17) is 22.2 Å². The number of hydrogen-bond donors (Lipinski definition) is 1. The minimum absolute atomic E-state index is 0.249. The van der Waals surface area contributed by atoms with Gasteiger partial charge in [-0.05, 0) is 49.2 Å². The fourth-order valence-corrected chi connectivity index (χ4v) is 4.14. The van der Waals surface area contributed by atoms with Crippen LogP contribution in [0, 0.1) is 13.8 Å². The number of fused-ring (bicyclic) bond motifs is 1. The lowest BCUT2D eigenvalue weighted by atomic mass is 10.1. The Morgan fingerprint density at radius 3 is 2.83 bits per heavy atom. The van der Waals surface area contributed by atoms with Crippen molar-refractivity contribution < 1.29 is 4.74 Å². The van der Waals surface area contributed by atoms with Crippen molar-refractivity contribution in [3.63, 3.8) is 0 Å². The number of ether oxygens (including phenoxy) is 1. The van der Waals surface area contributed by atoms with Gasteiger partial charge in [-0.1, -0.05) is 47.1 Å². The summed E-state index contributed by atoms with van der Waals surface area (Å²) < 4.78 is 7.34. The molecule has 0 saturated heterocycles. The number of hydrogen-bond acceptors (Lipinski definition) is 6. The van der Waals surface area contributed by atoms with Crippen LogP contribution in [0.15, 0.2) is 53.8 Å². The van der Waals surface area contributed by atoms with Gasteiger partial charge in [-0.25, -0.2) is 4.68 Å². The van der Waals surface area contributed by atoms with E-state index in [0.717, 1.165) is 27.8 Å². The van der Waals surface area contributed by atoms with Gasteiger partial charge in [0.1, 0.15) is 12.4 Å². The summed E-state index contributed by atoms with van der Waals surface area (Å²) in [6.45, 7) is 4.32. The van der Waals surface area contributed by atoms with Gasteiger partial charge in [-0.2, -0.15) is 0 Å². The molecule has 6 nitrogen and oxygen atoms in total. The molecule has 8 heteroatoms. The summed E-state index contributed by atoms with van der Waals surface area (Å²) in [4.78, 5) is 4.47. The van der Waals surface area contributed by atoms with Crippen molar-refractivity contribution in [2.24, 2.45) is 0 Å². The third-order valence-corrected chi connectivity index (χ3v) is 5.90. The number of aromatic nitrogens is 4. The molecule has 0 spiro atoms. The highest BCUT2D eigenvalue weighted by Gasteiger charge is 2.13. The van der Waals surface area contributed by atoms with Gasteiger partial charge < -0.3 is 10.6 Å². The first-order valence-electron chi connectivity index (χ1n) is 9.07. The zero-order valence-electron chi connectivity index (χ0n) is 16.1. The van der Waals surface area contributed by atoms with Crippen LogP contribution in [0.3, 0.4) is 0 Å². The normalized spacial score (nSPS) is 11.1. The molecule has 2 aromatic carbocycles. The molecule has 148 valence electrons. The molecule has 4 aromatic rings. The van der Waals surface area contributed by atoms with Crippen molar-refractivity contribution in [1.82, 2.24) is 19.9 Å². The number of nitrogens with zero attached hydrogens (tertiary/aromatic N) is 4. The van der Waals surface area contributed by atoms with Crippen LogP contribution in [0.2, 0.25) is 5.02 Å². The van der Waals surface area contributed by atoms with Crippen LogP contribution in [0.5, 0.6) is 5.75 Å². The van der Waals surface area contributed by atoms with E-state index in [1.54, 1.807) is 6.20 Å². The molecule has 2 N–H and O–H groups in total. The van der Waals surface area contributed by atoms with Crippen molar-refractivity contribution in [3.05, 3.63) is 76.2 Å². The Bertz CT molecular complexity index is 1180. The third kappa shape index (κ3) is 4.16. The van der Waals surface area contributed by atoms with E-state index in [1.165, 1.54) is 22.0 Å². The van der Waals surface area contributed by atoms with Gasteiger partial charge in [-0.3, -0.25) is 4.98 Å². The zero-order chi connectivity index (χ0) is 20.4. The molecule has 0 unspecified atom stereocenters. The minimum Gasteiger partial charge on any atom is -0.485 e. The topological polar surface area (TPSA) is 78.9 Å². The van der Waals surface area contributed by atoms with E-state index in [9.17, 15) is 0 Å². The Morgan fingerprint density at radius 2 is 2.00 bits per heavy atom. The van der Waals surface area contributed by atoms with Gasteiger partial charge >= 0.3 is 0 Å². The SMILES string of the molecule is Cc1ccc(OCc2nnc(SCc3ccc(Cl)c4cccnc34)n2N)c(C)c1. The van der Waals surface area contributed by atoms with Gasteiger partial charge in [0, 0.05) is 22.4 Å². The standard InChI is InChI=1S/C21H20ClN5OS/c1-13-5-8-18(14(2)10-13)28-11-19-25-26-21(27(19)23)29-12-15-6-7-17(22)16-4-3-9-24-20(15)16/h3-10H,11-12,23H2,1-2H3. The molecule has 0 radical (unpaired) electrons. The predicted molar refractivity (Wildman–Crippen MR) is 117 cm³/mol. The molecule has 0 saturated carbocycles. The van der Waals surface area contributed by atoms with Crippen LogP contribution in [0.25, 0.3) is 10.9 Å². The van der Waals surface area contributed by atoms with Crippen molar-refractivity contribution in [2.45, 2.75) is 31.4 Å². The molecular weight excluding hydrogens is 406 g/mol. The van der Waals surface area contributed by atoms with Crippen molar-refractivity contribution in [3.8, 4) is 5.75 Å². The zero-order valence-corrected chi connectivity index (χ0v) is 17.7. The average molecular weight is 426 g/mol. The third-order valence-electron chi connectivity index (χ3n) is 4.58. The second kappa shape index (κ2) is 8.31. The number of rotatable bonds is 6. The number of nitrogen functional groups attached to an aromatic ring is 1. The Hall–Kier alpha value is -2.77. The number of aryl methyl sites for hydroxylation is 2. The van der Waals surface area contributed by atoms with Crippen LogP contribution >= 0.6 is 23.4 Å². The maximum atomic E-state index is 6.27. The van der Waals surface area contributed by atoms with Crippen LogP contribution in [-0.4, -0.2) is 19.9 Å². The Kier molecular flexibility index (Phi) is 5.60. The number of pyridine rings is 1. The molecule has 2 aromatic heterocycles. The summed E-state index contributed by atoms with van der Waals surface area (Å²) in [6.07, 6.45) is 1.76. The summed E-state index contributed by atoms with van der Waals surface area (Å²) in [5.74, 6) is 8.21. The van der Waals surface area contributed by atoms with E-state index in [2.05, 4.69) is 28.2 Å². The van der Waals surface area contributed by atoms with Crippen LogP contribution in [0.1, 0.15) is 22.5 Å². The number of halogens is 1. The van der Waals surface area contributed by atoms with Crippen molar-refractivity contribution in [1.29, 1.82) is 0 Å². The molecule has 0 aliphatic heterocycles. The number of thioether (sulfide) groups is 1. The van der Waals surface area contributed by atoms with Gasteiger partial charge in [0.25, 0.3) is 0 Å². The van der Waals surface area contributed by atoms with Gasteiger partial charge in [-0.15, -0.1) is 10.2 Å². The summed E-state index contributed by atoms with van der Waals surface area (Å²) in [5, 5.41) is 10.6. The highest BCUT2D eigenvalue weighted by atomic mass is 35.5. The highest BCUT2D eigenvalue weighted by molar-refractivity contribution is 7.98. The molecule has 0 aliphatic carbocycles. The van der Waals surface area contributed by atoms with E-state index in [-0.39, 0.29) is 6.61 Å². The number of benzene rings is 2. The molecule has 0 fully saturated rings. The molecule has 0 amide bonds. The fraction of sp³-hybridized carbons (Fsp3) is 0.190. The van der Waals surface area contributed by atoms with Gasteiger partial charge in [0.05, 0.1) is 5.52 Å². The van der Waals surface area contributed by atoms with E-state index >= 15 is 0 Å². The van der Waals surface area contributed by atoms with Crippen molar-refractivity contribution in [2.75, 3.05) is 5.84 Å². The molecule has 0 atom stereocenters. The van der Waals surface area contributed by atoms with Crippen LogP contribution < -0.4 is 10.6 Å². The maximum Gasteiger partial charge on any atom is 0.210 e. The Morgan fingerprint density at radius 1 is 1.14 bits per heavy atom. The highest BCUT2D eigenvalue weighted by Crippen LogP contribution is 2.29. The molecule has 4 rings (SSSR count). The van der Waals surface area contributed by atoms with E-state index < -0.39 is 0 Å². The first kappa shape index (κ1) is 19.5. The first-order valence-corrected chi connectivity index (χ1v) is 10.4. The largest absolute Gasteiger partial charge is 0.485 e. The second-order valence-corrected chi connectivity index (χ2v) is 8.07. The Balaban J connectivity index is 1.46. The van der Waals surface area contributed by atoms with Crippen LogP contribution in [0.4, 0.5) is 0 Å². The van der Waals surface area contributed by atoms with Gasteiger partial charge in [0.2, 0.25) is 5.16 Å². The monoisotopic (exact) mass is 425 g/mol. The molecule has 0 aliphatic rings. The number of nitrogens with two attached hydrogens (primary N) is 1. The Labute approximate surface area is 178 Å². The second-order valence-electron chi connectivity index (χ2n) is 6.72. The van der Waals surface area contributed by atoms with Crippen molar-refractivity contribution >= 4 is 34.3 Å².